The molecule has 0 amide bonds. The third kappa shape index (κ3) is 3.71. The second-order valence-electron chi connectivity index (χ2n) is 11.5. The Morgan fingerprint density at radius 3 is 2.58 bits per heavy atom. The highest BCUT2D eigenvalue weighted by Crippen LogP contribution is 2.69. The lowest BCUT2D eigenvalue weighted by Crippen LogP contribution is -2.63. The maximum atomic E-state index is 12.7. The van der Waals surface area contributed by atoms with Crippen LogP contribution in [-0.2, 0) is 14.4 Å². The molecule has 4 aliphatic carbocycles. The number of carboxylic acids is 1. The van der Waals surface area contributed by atoms with E-state index in [9.17, 15) is 29.7 Å². The Kier molecular flexibility index (Phi) is 6.38. The molecule has 3 fully saturated rings. The molecule has 0 bridgehead atoms. The van der Waals surface area contributed by atoms with Gasteiger partial charge in [-0.15, -0.1) is 0 Å². The van der Waals surface area contributed by atoms with Crippen molar-refractivity contribution >= 4 is 17.5 Å². The summed E-state index contributed by atoms with van der Waals surface area (Å²) < 4.78 is 0. The van der Waals surface area contributed by atoms with E-state index in [2.05, 4.69) is 6.92 Å². The molecule has 0 aliphatic heterocycles. The fraction of sp³-hybridized carbons (Fsp3) is 0.808. The summed E-state index contributed by atoms with van der Waals surface area (Å²) in [7, 11) is 0. The van der Waals surface area contributed by atoms with Crippen molar-refractivity contribution in [1.82, 2.24) is 0 Å². The minimum atomic E-state index is -1.65. The van der Waals surface area contributed by atoms with Crippen molar-refractivity contribution in [2.45, 2.75) is 89.8 Å². The molecule has 0 spiro atoms. The number of carboxylic acid groups (broad SMARTS) is 1. The third-order valence-corrected chi connectivity index (χ3v) is 10.0. The fourth-order valence-corrected chi connectivity index (χ4v) is 8.38. The van der Waals surface area contributed by atoms with Crippen molar-refractivity contribution < 1.29 is 34.8 Å². The van der Waals surface area contributed by atoms with Crippen LogP contribution in [0.3, 0.4) is 0 Å². The Labute approximate surface area is 195 Å². The van der Waals surface area contributed by atoms with E-state index in [0.717, 1.165) is 24.8 Å². The summed E-state index contributed by atoms with van der Waals surface area (Å²) in [4.78, 5) is 35.9. The first-order valence-corrected chi connectivity index (χ1v) is 12.5. The number of aliphatic hydroxyl groups is 3. The van der Waals surface area contributed by atoms with Gasteiger partial charge in [-0.1, -0.05) is 25.8 Å². The van der Waals surface area contributed by atoms with Gasteiger partial charge < -0.3 is 20.4 Å². The predicted molar refractivity (Wildman–Crippen MR) is 120 cm³/mol. The van der Waals surface area contributed by atoms with E-state index in [1.807, 2.05) is 6.92 Å². The largest absolute Gasteiger partial charge is 0.481 e. The first-order chi connectivity index (χ1) is 15.5. The molecule has 0 aromatic heterocycles. The molecule has 7 nitrogen and oxygen atoms in total. The highest BCUT2D eigenvalue weighted by molar-refractivity contribution is 5.92. The molecule has 4 N–H and O–H groups in total. The average molecular weight is 463 g/mol. The minimum Gasteiger partial charge on any atom is -0.481 e. The van der Waals surface area contributed by atoms with Crippen LogP contribution in [0.4, 0.5) is 0 Å². The van der Waals surface area contributed by atoms with E-state index in [-0.39, 0.29) is 47.7 Å². The molecule has 0 heterocycles. The van der Waals surface area contributed by atoms with E-state index in [1.54, 1.807) is 6.08 Å². The maximum absolute atomic E-state index is 12.7. The Hall–Kier alpha value is -1.57. The summed E-state index contributed by atoms with van der Waals surface area (Å²) in [6, 6.07) is 0. The Bertz CT molecular complexity index is 865. The standard InChI is InChI=1S/C26H38O7/c1-24-9-7-17(28)12-16(24)11-15(5-3-4-6-21(31)32)22-18-8-10-26(33,20(30)14-27)25(18,2)13-19(29)23(22)24/h12,15,18-19,22-23,27,29,33H,3-11,13-14H2,1-2H3,(H,31,32)/t15?,18-,19-,22-,23-,24-,25-,26-/m0/s1. The van der Waals surface area contributed by atoms with Gasteiger partial charge in [0, 0.05) is 18.3 Å². The van der Waals surface area contributed by atoms with Gasteiger partial charge in [-0.25, -0.2) is 0 Å². The SMILES string of the molecule is C[C@]12CCC(=O)C=C1CC(CCCCC(=O)O)[C@@H]1[C@@H]2[C@@H](O)C[C@@]2(C)[C@H]1CC[C@]2(O)C(=O)CO. The first kappa shape index (κ1) is 24.6. The molecule has 0 aromatic carbocycles. The zero-order chi connectivity index (χ0) is 24.2. The van der Waals surface area contributed by atoms with Gasteiger partial charge in [0.1, 0.15) is 12.2 Å². The zero-order valence-electron chi connectivity index (χ0n) is 19.8. The van der Waals surface area contributed by atoms with E-state index in [4.69, 9.17) is 5.11 Å². The van der Waals surface area contributed by atoms with Crippen molar-refractivity contribution in [2.24, 2.45) is 34.5 Å². The van der Waals surface area contributed by atoms with Crippen LogP contribution in [0.5, 0.6) is 0 Å². The second kappa shape index (κ2) is 8.58. The number of Topliss-reactive ketones (excluding diaryl/α,β-unsaturated/α-hetero) is 1. The summed E-state index contributed by atoms with van der Waals surface area (Å²) in [5.41, 5.74) is -1.66. The van der Waals surface area contributed by atoms with Gasteiger partial charge in [-0.3, -0.25) is 14.4 Å². The van der Waals surface area contributed by atoms with Crippen LogP contribution in [0.1, 0.15) is 78.1 Å². The van der Waals surface area contributed by atoms with Crippen LogP contribution in [0.2, 0.25) is 0 Å². The van der Waals surface area contributed by atoms with Crippen molar-refractivity contribution in [3.8, 4) is 0 Å². The quantitative estimate of drug-likeness (QED) is 0.428. The monoisotopic (exact) mass is 462 g/mol. The molecular formula is C26H38O7. The van der Waals surface area contributed by atoms with Crippen molar-refractivity contribution in [2.75, 3.05) is 6.61 Å². The molecule has 4 rings (SSSR count). The van der Waals surface area contributed by atoms with Gasteiger partial charge >= 0.3 is 5.97 Å². The van der Waals surface area contributed by atoms with Gasteiger partial charge in [0.05, 0.1) is 6.10 Å². The molecule has 0 radical (unpaired) electrons. The Morgan fingerprint density at radius 2 is 1.91 bits per heavy atom. The summed E-state index contributed by atoms with van der Waals surface area (Å²) >= 11 is 0. The first-order valence-electron chi connectivity index (χ1n) is 12.5. The van der Waals surface area contributed by atoms with Crippen LogP contribution >= 0.6 is 0 Å². The highest BCUT2D eigenvalue weighted by atomic mass is 16.4. The molecule has 33 heavy (non-hydrogen) atoms. The molecule has 7 heteroatoms. The number of hydrogen-bond donors (Lipinski definition) is 4. The molecular weight excluding hydrogens is 424 g/mol. The normalized spacial score (nSPS) is 44.5. The molecule has 184 valence electrons. The Morgan fingerprint density at radius 1 is 1.18 bits per heavy atom. The van der Waals surface area contributed by atoms with E-state index in [0.29, 0.717) is 32.1 Å². The van der Waals surface area contributed by atoms with Crippen molar-refractivity contribution in [3.05, 3.63) is 11.6 Å². The number of aliphatic hydroxyl groups excluding tert-OH is 2. The third-order valence-electron chi connectivity index (χ3n) is 10.0. The predicted octanol–water partition coefficient (Wildman–Crippen LogP) is 2.65. The zero-order valence-corrected chi connectivity index (χ0v) is 19.8. The van der Waals surface area contributed by atoms with Gasteiger partial charge in [0.15, 0.2) is 11.6 Å². The number of carbonyl (C=O) groups excluding carboxylic acids is 2. The number of fused-ring (bicyclic) bond motifs is 5. The number of hydrogen-bond acceptors (Lipinski definition) is 6. The molecule has 3 saturated carbocycles. The summed E-state index contributed by atoms with van der Waals surface area (Å²) in [6.07, 6.45) is 6.44. The van der Waals surface area contributed by atoms with E-state index < -0.39 is 35.5 Å². The number of unbranched alkanes of at least 4 members (excludes halogenated alkanes) is 1. The van der Waals surface area contributed by atoms with Crippen LogP contribution < -0.4 is 0 Å². The number of carbonyl (C=O) groups is 3. The van der Waals surface area contributed by atoms with Crippen LogP contribution in [0.15, 0.2) is 11.6 Å². The smallest absolute Gasteiger partial charge is 0.303 e. The second-order valence-corrected chi connectivity index (χ2v) is 11.5. The van der Waals surface area contributed by atoms with Crippen LogP contribution in [-0.4, -0.2) is 56.3 Å². The summed E-state index contributed by atoms with van der Waals surface area (Å²) in [5.74, 6) is -1.08. The minimum absolute atomic E-state index is 0.0203. The lowest BCUT2D eigenvalue weighted by Gasteiger charge is -2.62. The molecule has 1 unspecified atom stereocenters. The highest BCUT2D eigenvalue weighted by Gasteiger charge is 2.69. The molecule has 0 saturated heterocycles. The van der Waals surface area contributed by atoms with Gasteiger partial charge in [0.25, 0.3) is 0 Å². The van der Waals surface area contributed by atoms with Gasteiger partial charge in [-0.2, -0.15) is 0 Å². The molecule has 4 aliphatic rings. The molecule has 0 aromatic rings. The number of aliphatic carboxylic acids is 1. The number of rotatable bonds is 7. The Balaban J connectivity index is 1.72. The molecule has 8 atom stereocenters. The van der Waals surface area contributed by atoms with E-state index >= 15 is 0 Å². The topological polar surface area (TPSA) is 132 Å². The van der Waals surface area contributed by atoms with Gasteiger partial charge in [0.2, 0.25) is 0 Å². The van der Waals surface area contributed by atoms with Gasteiger partial charge in [-0.05, 0) is 80.1 Å². The van der Waals surface area contributed by atoms with Crippen LogP contribution in [0, 0.1) is 34.5 Å². The number of allylic oxidation sites excluding steroid dienone is 1. The van der Waals surface area contributed by atoms with E-state index in [1.165, 1.54) is 0 Å². The summed E-state index contributed by atoms with van der Waals surface area (Å²) in [5, 5.41) is 41.6. The summed E-state index contributed by atoms with van der Waals surface area (Å²) in [6.45, 7) is 3.35. The van der Waals surface area contributed by atoms with Crippen molar-refractivity contribution in [3.63, 3.8) is 0 Å². The fourth-order valence-electron chi connectivity index (χ4n) is 8.38. The van der Waals surface area contributed by atoms with Crippen LogP contribution in [0.25, 0.3) is 0 Å². The lowest BCUT2D eigenvalue weighted by molar-refractivity contribution is -0.190. The maximum Gasteiger partial charge on any atom is 0.303 e. The number of ketones is 2. The lowest BCUT2D eigenvalue weighted by atomic mass is 9.43. The average Bonchev–Trinajstić information content (AvgIpc) is 3.02. The van der Waals surface area contributed by atoms with Crippen molar-refractivity contribution in [1.29, 1.82) is 0 Å².